The van der Waals surface area contributed by atoms with Gasteiger partial charge in [-0.25, -0.2) is 0 Å². The SMILES string of the molecule is O=C(NCc1cccc(-c2cccc([C@H]3O[C@@H](CN4CCC[C@H]4CO)C[C@@H](c4ccc(CO)cc4)O3)c2)c1)C(Cl)(Cl)Cl. The van der Waals surface area contributed by atoms with Gasteiger partial charge < -0.3 is 25.0 Å². The first kappa shape index (κ1) is 31.2. The molecular weight excluding hydrogens is 599 g/mol. The summed E-state index contributed by atoms with van der Waals surface area (Å²) in [5.74, 6) is -0.680. The zero-order chi connectivity index (χ0) is 29.7. The highest BCUT2D eigenvalue weighted by Gasteiger charge is 2.35. The van der Waals surface area contributed by atoms with Crippen molar-refractivity contribution in [2.45, 2.75) is 60.7 Å². The maximum absolute atomic E-state index is 12.0. The molecule has 42 heavy (non-hydrogen) atoms. The number of aliphatic hydroxyl groups is 2. The number of rotatable bonds is 9. The van der Waals surface area contributed by atoms with Crippen LogP contribution in [0.3, 0.4) is 0 Å². The molecule has 0 unspecified atom stereocenters. The molecule has 3 aromatic carbocycles. The number of likely N-dealkylation sites (tertiary alicyclic amines) is 1. The molecule has 7 nitrogen and oxygen atoms in total. The van der Waals surface area contributed by atoms with Crippen LogP contribution < -0.4 is 5.32 Å². The molecule has 0 aliphatic carbocycles. The number of benzene rings is 3. The molecule has 10 heteroatoms. The summed E-state index contributed by atoms with van der Waals surface area (Å²) in [7, 11) is 0. The van der Waals surface area contributed by atoms with Crippen molar-refractivity contribution >= 4 is 40.7 Å². The highest BCUT2D eigenvalue weighted by atomic mass is 35.6. The van der Waals surface area contributed by atoms with Crippen LogP contribution in [0.5, 0.6) is 0 Å². The molecule has 0 bridgehead atoms. The summed E-state index contributed by atoms with van der Waals surface area (Å²) in [6, 6.07) is 23.9. The molecule has 2 aliphatic heterocycles. The van der Waals surface area contributed by atoms with Crippen LogP contribution in [0.15, 0.2) is 72.8 Å². The average molecular weight is 634 g/mol. The highest BCUT2D eigenvalue weighted by Crippen LogP contribution is 2.39. The predicted molar refractivity (Wildman–Crippen MR) is 164 cm³/mol. The Hall–Kier alpha value is -2.20. The van der Waals surface area contributed by atoms with Crippen LogP contribution in [0.2, 0.25) is 0 Å². The number of hydrogen-bond acceptors (Lipinski definition) is 6. The van der Waals surface area contributed by atoms with Crippen molar-refractivity contribution in [3.63, 3.8) is 0 Å². The van der Waals surface area contributed by atoms with Crippen LogP contribution >= 0.6 is 34.8 Å². The van der Waals surface area contributed by atoms with Crippen LogP contribution in [0, 0.1) is 0 Å². The Balaban J connectivity index is 1.36. The number of carbonyl (C=O) groups is 1. The third-order valence-corrected chi connectivity index (χ3v) is 8.41. The molecule has 2 aliphatic rings. The third kappa shape index (κ3) is 7.84. The molecule has 2 fully saturated rings. The number of aliphatic hydroxyl groups excluding tert-OH is 2. The number of amides is 1. The summed E-state index contributed by atoms with van der Waals surface area (Å²) < 4.78 is 11.1. The summed E-state index contributed by atoms with van der Waals surface area (Å²) in [6.45, 7) is 2.02. The second kappa shape index (κ2) is 14.1. The van der Waals surface area contributed by atoms with E-state index in [4.69, 9.17) is 44.3 Å². The zero-order valence-electron chi connectivity index (χ0n) is 23.1. The number of hydrogen-bond donors (Lipinski definition) is 3. The van der Waals surface area contributed by atoms with Gasteiger partial charge in [0.15, 0.2) is 6.29 Å². The van der Waals surface area contributed by atoms with Crippen molar-refractivity contribution in [3.05, 3.63) is 95.1 Å². The quantitative estimate of drug-likeness (QED) is 0.257. The first-order chi connectivity index (χ1) is 20.2. The summed E-state index contributed by atoms with van der Waals surface area (Å²) in [5.41, 5.74) is 5.57. The minimum absolute atomic E-state index is 0.00899. The molecule has 0 aromatic heterocycles. The lowest BCUT2D eigenvalue weighted by atomic mass is 9.98. The average Bonchev–Trinajstić information content (AvgIpc) is 3.46. The van der Waals surface area contributed by atoms with Crippen LogP contribution in [0.4, 0.5) is 0 Å². The van der Waals surface area contributed by atoms with Gasteiger partial charge in [-0.2, -0.15) is 0 Å². The number of nitrogens with one attached hydrogen (secondary N) is 1. The first-order valence-corrected chi connectivity index (χ1v) is 15.3. The van der Waals surface area contributed by atoms with E-state index in [9.17, 15) is 15.0 Å². The largest absolute Gasteiger partial charge is 0.395 e. The van der Waals surface area contributed by atoms with Crippen molar-refractivity contribution in [2.24, 2.45) is 0 Å². The Morgan fingerprint density at radius 1 is 0.929 bits per heavy atom. The summed E-state index contributed by atoms with van der Waals surface area (Å²) in [6.07, 6.45) is 1.87. The van der Waals surface area contributed by atoms with Gasteiger partial charge in [0.05, 0.1) is 25.4 Å². The zero-order valence-corrected chi connectivity index (χ0v) is 25.4. The molecule has 0 spiro atoms. The fourth-order valence-electron chi connectivity index (χ4n) is 5.65. The van der Waals surface area contributed by atoms with Crippen molar-refractivity contribution in [1.29, 1.82) is 0 Å². The van der Waals surface area contributed by atoms with Gasteiger partial charge in [-0.3, -0.25) is 9.69 Å². The van der Waals surface area contributed by atoms with Crippen molar-refractivity contribution < 1.29 is 24.5 Å². The van der Waals surface area contributed by atoms with Gasteiger partial charge in [0.25, 0.3) is 9.70 Å². The summed E-state index contributed by atoms with van der Waals surface area (Å²) in [4.78, 5) is 14.3. The van der Waals surface area contributed by atoms with Gasteiger partial charge in [0, 0.05) is 31.1 Å². The van der Waals surface area contributed by atoms with Crippen LogP contribution in [-0.4, -0.2) is 56.7 Å². The van der Waals surface area contributed by atoms with Gasteiger partial charge in [-0.15, -0.1) is 0 Å². The molecule has 1 amide bonds. The van der Waals surface area contributed by atoms with Crippen LogP contribution in [-0.2, 0) is 27.4 Å². The minimum Gasteiger partial charge on any atom is -0.395 e. The molecule has 5 rings (SSSR count). The van der Waals surface area contributed by atoms with Gasteiger partial charge in [-0.05, 0) is 59.3 Å². The van der Waals surface area contributed by atoms with Crippen molar-refractivity contribution in [3.8, 4) is 11.1 Å². The van der Waals surface area contributed by atoms with Gasteiger partial charge in [-0.1, -0.05) is 95.5 Å². The number of carbonyl (C=O) groups excluding carboxylic acids is 1. The normalized spacial score (nSPS) is 23.2. The molecule has 2 heterocycles. The lowest BCUT2D eigenvalue weighted by Crippen LogP contribution is -2.42. The highest BCUT2D eigenvalue weighted by molar-refractivity contribution is 6.76. The molecule has 3 N–H and O–H groups in total. The van der Waals surface area contributed by atoms with E-state index in [0.717, 1.165) is 59.3 Å². The fourth-order valence-corrected chi connectivity index (χ4v) is 5.85. The third-order valence-electron chi connectivity index (χ3n) is 7.89. The van der Waals surface area contributed by atoms with Crippen LogP contribution in [0.25, 0.3) is 11.1 Å². The summed E-state index contributed by atoms with van der Waals surface area (Å²) in [5, 5.41) is 22.0. The Kier molecular flexibility index (Phi) is 10.5. The second-order valence-corrected chi connectivity index (χ2v) is 13.1. The Bertz CT molecular complexity index is 1350. The molecule has 3 aromatic rings. The van der Waals surface area contributed by atoms with E-state index in [1.807, 2.05) is 66.7 Å². The maximum atomic E-state index is 12.0. The van der Waals surface area contributed by atoms with E-state index in [1.165, 1.54) is 0 Å². The monoisotopic (exact) mass is 632 g/mol. The first-order valence-electron chi connectivity index (χ1n) is 14.1. The maximum Gasteiger partial charge on any atom is 0.272 e. The summed E-state index contributed by atoms with van der Waals surface area (Å²) >= 11 is 17.0. The minimum atomic E-state index is -2.02. The standard InChI is InChI=1S/C32H35Cl3N2O5/c33-32(34,35)31(40)36-17-22-4-1-5-24(14-22)25-6-2-7-26(15-25)30-41-28(18-37-13-3-8-27(37)20-39)16-29(42-30)23-11-9-21(19-38)10-12-23/h1-2,4-7,9-12,14-15,27-30,38-39H,3,8,13,16-20H2,(H,36,40)/t27-,28+,29-,30-/m0/s1. The molecule has 0 radical (unpaired) electrons. The second-order valence-electron chi connectivity index (χ2n) is 10.8. The van der Waals surface area contributed by atoms with Crippen molar-refractivity contribution in [1.82, 2.24) is 10.2 Å². The number of halogens is 3. The lowest BCUT2D eigenvalue weighted by molar-refractivity contribution is -0.253. The van der Waals surface area contributed by atoms with E-state index in [1.54, 1.807) is 0 Å². The molecule has 2 saturated heterocycles. The van der Waals surface area contributed by atoms with Crippen LogP contribution in [0.1, 0.15) is 53.9 Å². The Labute approximate surface area is 261 Å². The molecule has 4 atom stereocenters. The van der Waals surface area contributed by atoms with E-state index in [2.05, 4.69) is 16.3 Å². The van der Waals surface area contributed by atoms with E-state index in [0.29, 0.717) is 6.42 Å². The van der Waals surface area contributed by atoms with Crippen molar-refractivity contribution in [2.75, 3.05) is 19.7 Å². The molecule has 224 valence electrons. The fraction of sp³-hybridized carbons (Fsp3) is 0.406. The number of ether oxygens (including phenoxy) is 2. The molecular formula is C32H35Cl3N2O5. The lowest BCUT2D eigenvalue weighted by Gasteiger charge is -2.38. The van der Waals surface area contributed by atoms with E-state index >= 15 is 0 Å². The predicted octanol–water partition coefficient (Wildman–Crippen LogP) is 5.83. The number of alkyl halides is 3. The van der Waals surface area contributed by atoms with E-state index in [-0.39, 0.29) is 38.0 Å². The van der Waals surface area contributed by atoms with E-state index < -0.39 is 16.0 Å². The molecule has 0 saturated carbocycles. The Morgan fingerprint density at radius 3 is 2.38 bits per heavy atom. The number of nitrogens with zero attached hydrogens (tertiary/aromatic N) is 1. The van der Waals surface area contributed by atoms with Gasteiger partial charge in [0.2, 0.25) is 0 Å². The topological polar surface area (TPSA) is 91.3 Å². The Morgan fingerprint density at radius 2 is 1.67 bits per heavy atom. The smallest absolute Gasteiger partial charge is 0.272 e. The van der Waals surface area contributed by atoms with Gasteiger partial charge >= 0.3 is 0 Å². The van der Waals surface area contributed by atoms with Gasteiger partial charge in [0.1, 0.15) is 0 Å².